The molecule has 1 fully saturated rings. The second-order valence-corrected chi connectivity index (χ2v) is 6.20. The highest BCUT2D eigenvalue weighted by Gasteiger charge is 2.28. The van der Waals surface area contributed by atoms with Crippen LogP contribution >= 0.6 is 0 Å². The molecule has 2 heterocycles. The molecule has 1 aromatic carbocycles. The van der Waals surface area contributed by atoms with Gasteiger partial charge in [0.2, 0.25) is 11.8 Å². The monoisotopic (exact) mass is 364 g/mol. The van der Waals surface area contributed by atoms with Gasteiger partial charge >= 0.3 is 0 Å². The van der Waals surface area contributed by atoms with Gasteiger partial charge in [-0.05, 0) is 31.9 Å². The standard InChI is InChI=1S/C17H18F2N4O3/c1-10-21-17(26-22-10)11-3-2-4-23(9-11)15(24)8-20-16(25)12-5-13(18)7-14(19)6-12/h5-7,11H,2-4,8-9H2,1H3,(H,20,25). The fourth-order valence-corrected chi connectivity index (χ4v) is 2.94. The molecule has 1 saturated heterocycles. The number of halogens is 2. The van der Waals surface area contributed by atoms with Gasteiger partial charge < -0.3 is 14.7 Å². The van der Waals surface area contributed by atoms with Gasteiger partial charge in [-0.25, -0.2) is 8.78 Å². The Morgan fingerprint density at radius 2 is 2.04 bits per heavy atom. The van der Waals surface area contributed by atoms with Crippen LogP contribution in [-0.4, -0.2) is 46.5 Å². The third-order valence-electron chi connectivity index (χ3n) is 4.19. The second-order valence-electron chi connectivity index (χ2n) is 6.20. The predicted octanol–water partition coefficient (Wildman–Crippen LogP) is 1.79. The van der Waals surface area contributed by atoms with Crippen LogP contribution in [0.3, 0.4) is 0 Å². The number of aromatic nitrogens is 2. The Labute approximate surface area is 148 Å². The van der Waals surface area contributed by atoms with E-state index in [9.17, 15) is 18.4 Å². The summed E-state index contributed by atoms with van der Waals surface area (Å²) in [7, 11) is 0. The number of benzene rings is 1. The van der Waals surface area contributed by atoms with Crippen LogP contribution in [0, 0.1) is 18.6 Å². The number of hydrogen-bond acceptors (Lipinski definition) is 5. The summed E-state index contributed by atoms with van der Waals surface area (Å²) in [5.41, 5.74) is -0.173. The lowest BCUT2D eigenvalue weighted by molar-refractivity contribution is -0.131. The maximum absolute atomic E-state index is 13.2. The highest BCUT2D eigenvalue weighted by atomic mass is 19.1. The summed E-state index contributed by atoms with van der Waals surface area (Å²) in [5, 5.41) is 6.16. The van der Waals surface area contributed by atoms with Crippen molar-refractivity contribution >= 4 is 11.8 Å². The van der Waals surface area contributed by atoms with Gasteiger partial charge in [0.15, 0.2) is 5.82 Å². The van der Waals surface area contributed by atoms with E-state index in [1.54, 1.807) is 11.8 Å². The van der Waals surface area contributed by atoms with Crippen molar-refractivity contribution < 1.29 is 22.9 Å². The van der Waals surface area contributed by atoms with Crippen molar-refractivity contribution in [2.45, 2.75) is 25.7 Å². The van der Waals surface area contributed by atoms with E-state index in [0.29, 0.717) is 30.9 Å². The molecule has 1 N–H and O–H groups in total. The lowest BCUT2D eigenvalue weighted by Gasteiger charge is -2.31. The van der Waals surface area contributed by atoms with E-state index in [1.807, 2.05) is 0 Å². The van der Waals surface area contributed by atoms with Gasteiger partial charge in [0.25, 0.3) is 5.91 Å². The zero-order chi connectivity index (χ0) is 18.7. The minimum atomic E-state index is -0.852. The fraction of sp³-hybridized carbons (Fsp3) is 0.412. The molecule has 0 spiro atoms. The molecule has 26 heavy (non-hydrogen) atoms. The normalized spacial score (nSPS) is 17.2. The molecule has 1 aliphatic heterocycles. The number of piperidine rings is 1. The van der Waals surface area contributed by atoms with Crippen LogP contribution in [0.25, 0.3) is 0 Å². The van der Waals surface area contributed by atoms with Crippen molar-refractivity contribution in [2.75, 3.05) is 19.6 Å². The summed E-state index contributed by atoms with van der Waals surface area (Å²) < 4.78 is 31.5. The summed E-state index contributed by atoms with van der Waals surface area (Å²) in [4.78, 5) is 30.1. The number of carbonyl (C=O) groups excluding carboxylic acids is 2. The number of likely N-dealkylation sites (tertiary alicyclic amines) is 1. The molecule has 9 heteroatoms. The highest BCUT2D eigenvalue weighted by molar-refractivity contribution is 5.96. The predicted molar refractivity (Wildman–Crippen MR) is 86.3 cm³/mol. The number of nitrogens with one attached hydrogen (secondary N) is 1. The molecule has 1 atom stereocenters. The smallest absolute Gasteiger partial charge is 0.251 e. The Morgan fingerprint density at radius 1 is 1.31 bits per heavy atom. The van der Waals surface area contributed by atoms with Gasteiger partial charge in [-0.1, -0.05) is 5.16 Å². The quantitative estimate of drug-likeness (QED) is 0.894. The van der Waals surface area contributed by atoms with Crippen LogP contribution in [0.5, 0.6) is 0 Å². The zero-order valence-corrected chi connectivity index (χ0v) is 14.2. The van der Waals surface area contributed by atoms with Crippen molar-refractivity contribution in [3.05, 3.63) is 47.1 Å². The molecule has 0 radical (unpaired) electrons. The first-order valence-electron chi connectivity index (χ1n) is 8.24. The molecule has 138 valence electrons. The Kier molecular flexibility index (Phi) is 5.24. The molecule has 1 unspecified atom stereocenters. The van der Waals surface area contributed by atoms with Crippen molar-refractivity contribution in [1.29, 1.82) is 0 Å². The first kappa shape index (κ1) is 18.0. The third-order valence-corrected chi connectivity index (χ3v) is 4.19. The molecule has 1 aromatic heterocycles. The van der Waals surface area contributed by atoms with E-state index >= 15 is 0 Å². The van der Waals surface area contributed by atoms with Crippen molar-refractivity contribution in [1.82, 2.24) is 20.4 Å². The molecule has 2 amide bonds. The van der Waals surface area contributed by atoms with Crippen LogP contribution in [0.2, 0.25) is 0 Å². The van der Waals surface area contributed by atoms with Crippen LogP contribution in [0.15, 0.2) is 22.7 Å². The highest BCUT2D eigenvalue weighted by Crippen LogP contribution is 2.25. The summed E-state index contributed by atoms with van der Waals surface area (Å²) in [6.07, 6.45) is 1.61. The average Bonchev–Trinajstić information content (AvgIpc) is 3.05. The Morgan fingerprint density at radius 3 is 2.69 bits per heavy atom. The van der Waals surface area contributed by atoms with Crippen LogP contribution in [0.4, 0.5) is 8.78 Å². The number of hydrogen-bond donors (Lipinski definition) is 1. The molecule has 3 rings (SSSR count). The molecular formula is C17H18F2N4O3. The minimum Gasteiger partial charge on any atom is -0.343 e. The van der Waals surface area contributed by atoms with Crippen LogP contribution in [-0.2, 0) is 4.79 Å². The summed E-state index contributed by atoms with van der Waals surface area (Å²) in [6, 6.07) is 2.50. The van der Waals surface area contributed by atoms with Crippen molar-refractivity contribution in [3.63, 3.8) is 0 Å². The number of nitrogens with zero attached hydrogens (tertiary/aromatic N) is 3. The molecule has 0 saturated carbocycles. The maximum atomic E-state index is 13.2. The SMILES string of the molecule is Cc1noc(C2CCCN(C(=O)CNC(=O)c3cc(F)cc(F)c3)C2)n1. The van der Waals surface area contributed by atoms with Gasteiger partial charge in [0, 0.05) is 24.7 Å². The first-order chi connectivity index (χ1) is 12.4. The number of rotatable bonds is 4. The van der Waals surface area contributed by atoms with Gasteiger partial charge in [0.1, 0.15) is 11.6 Å². The van der Waals surface area contributed by atoms with Gasteiger partial charge in [-0.15, -0.1) is 0 Å². The van der Waals surface area contributed by atoms with Crippen LogP contribution < -0.4 is 5.32 Å². The second kappa shape index (κ2) is 7.59. The van der Waals surface area contributed by atoms with E-state index in [0.717, 1.165) is 25.0 Å². The largest absolute Gasteiger partial charge is 0.343 e. The fourth-order valence-electron chi connectivity index (χ4n) is 2.94. The molecule has 1 aliphatic rings. The van der Waals surface area contributed by atoms with Gasteiger partial charge in [-0.2, -0.15) is 4.98 Å². The molecular weight excluding hydrogens is 346 g/mol. The van der Waals surface area contributed by atoms with E-state index in [4.69, 9.17) is 4.52 Å². The summed E-state index contributed by atoms with van der Waals surface area (Å²) in [6.45, 7) is 2.45. The van der Waals surface area contributed by atoms with Crippen LogP contribution in [0.1, 0.15) is 40.8 Å². The topological polar surface area (TPSA) is 88.3 Å². The van der Waals surface area contributed by atoms with Crippen molar-refractivity contribution in [2.24, 2.45) is 0 Å². The minimum absolute atomic E-state index is 0.0399. The van der Waals surface area contributed by atoms with E-state index in [1.165, 1.54) is 0 Å². The lowest BCUT2D eigenvalue weighted by Crippen LogP contribution is -2.44. The van der Waals surface area contributed by atoms with Gasteiger partial charge in [-0.3, -0.25) is 9.59 Å². The summed E-state index contributed by atoms with van der Waals surface area (Å²) in [5.74, 6) is -1.70. The van der Waals surface area contributed by atoms with Crippen molar-refractivity contribution in [3.8, 4) is 0 Å². The van der Waals surface area contributed by atoms with E-state index < -0.39 is 17.5 Å². The maximum Gasteiger partial charge on any atom is 0.251 e. The Bertz CT molecular complexity index is 804. The number of amides is 2. The molecule has 2 aromatic rings. The van der Waals surface area contributed by atoms with E-state index in [2.05, 4.69) is 15.5 Å². The Hall–Kier alpha value is -2.84. The average molecular weight is 364 g/mol. The first-order valence-corrected chi connectivity index (χ1v) is 8.24. The zero-order valence-electron chi connectivity index (χ0n) is 14.2. The number of aryl methyl sites for hydroxylation is 1. The van der Waals surface area contributed by atoms with Gasteiger partial charge in [0.05, 0.1) is 12.5 Å². The molecule has 0 bridgehead atoms. The Balaban J connectivity index is 1.56. The number of carbonyl (C=O) groups is 2. The molecule has 0 aliphatic carbocycles. The molecule has 7 nitrogen and oxygen atoms in total. The summed E-state index contributed by atoms with van der Waals surface area (Å²) >= 11 is 0. The van der Waals surface area contributed by atoms with E-state index in [-0.39, 0.29) is 23.9 Å². The lowest BCUT2D eigenvalue weighted by atomic mass is 9.98. The third kappa shape index (κ3) is 4.22.